The van der Waals surface area contributed by atoms with Crippen molar-refractivity contribution in [1.29, 1.82) is 0 Å². The quantitative estimate of drug-likeness (QED) is 0.0496. The highest BCUT2D eigenvalue weighted by atomic mass is 16.8. The van der Waals surface area contributed by atoms with Gasteiger partial charge in [0, 0.05) is 26.7 Å². The van der Waals surface area contributed by atoms with E-state index in [1.54, 1.807) is 13.8 Å². The number of rotatable bonds is 21. The minimum Gasteiger partial charge on any atom is -0.394 e. The molecule has 2 amide bonds. The third-order valence-corrected chi connectivity index (χ3v) is 21.8. The molecule has 522 valence electrons. The number of carbonyl (C=O) groups is 3. The Hall–Kier alpha value is -2.61. The van der Waals surface area contributed by atoms with Gasteiger partial charge in [0.05, 0.1) is 44.7 Å². The highest BCUT2D eigenvalue weighted by molar-refractivity contribution is 5.79. The SMILES string of the molecule is CC(=O)N[C@H]1[C@H](O[C@H]2CO[C@@H](O[C@H]3CC[C@]4(C)C5=C(CC[C@H]4C3(C)C)[C@@H]3CC[C@H]([C@H](C)CC(=O)CC(C)(C)O)[C@@]3(C)CC5)[C@H](O[C@@H]3O[C@H](CO[C@@H]4O[C@H](CO)[C@@H](O)[C@H](O)[C@H]4O[C@@H]4O[C@H](CO)[C@@H](O)[C@H](O)[C@H]4O)[C@@H](O)[C@H](O)[C@H]3NC(C)=O)[C@H]2O)O[C@H](CO)[C@H](O)[C@@H]1O. The van der Waals surface area contributed by atoms with Gasteiger partial charge in [0.25, 0.3) is 0 Å². The molecule has 91 heavy (non-hydrogen) atoms. The van der Waals surface area contributed by atoms with Crippen LogP contribution in [0.5, 0.6) is 0 Å². The molecule has 9 aliphatic rings. The van der Waals surface area contributed by atoms with Gasteiger partial charge in [-0.2, -0.15) is 0 Å². The van der Waals surface area contributed by atoms with Gasteiger partial charge in [0.2, 0.25) is 11.8 Å². The highest BCUT2D eigenvalue weighted by Crippen LogP contribution is 2.68. The van der Waals surface area contributed by atoms with Crippen molar-refractivity contribution in [2.24, 2.45) is 39.9 Å². The fourth-order valence-corrected chi connectivity index (χ4v) is 17.2. The van der Waals surface area contributed by atoms with E-state index in [0.29, 0.717) is 24.7 Å². The molecule has 5 aliphatic heterocycles. The number of fused-ring (bicyclic) bond motifs is 4. The topological polar surface area (TPSA) is 451 Å². The maximum absolute atomic E-state index is 13.1. The molecule has 0 aromatic heterocycles. The first-order chi connectivity index (χ1) is 42.7. The molecule has 16 N–H and O–H groups in total. The summed E-state index contributed by atoms with van der Waals surface area (Å²) in [7, 11) is 0. The summed E-state index contributed by atoms with van der Waals surface area (Å²) in [6.07, 6.45) is -31.6. The van der Waals surface area contributed by atoms with Crippen molar-refractivity contribution in [3.63, 3.8) is 0 Å². The minimum atomic E-state index is -1.99. The predicted octanol–water partition coefficient (Wildman–Crippen LogP) is -3.49. The number of amides is 2. The predicted molar refractivity (Wildman–Crippen MR) is 310 cm³/mol. The Morgan fingerprint density at radius 3 is 1.71 bits per heavy atom. The van der Waals surface area contributed by atoms with Crippen LogP contribution in [-0.4, -0.2) is 281 Å². The lowest BCUT2D eigenvalue weighted by atomic mass is 9.45. The molecule has 0 bridgehead atoms. The molecule has 0 spiro atoms. The summed E-state index contributed by atoms with van der Waals surface area (Å²) in [4.78, 5) is 38.6. The van der Waals surface area contributed by atoms with E-state index in [-0.39, 0.29) is 34.9 Å². The lowest BCUT2D eigenvalue weighted by Gasteiger charge is -2.61. The molecule has 31 atom stereocenters. The van der Waals surface area contributed by atoms with Gasteiger partial charge in [-0.25, -0.2) is 0 Å². The molecule has 0 aromatic rings. The Labute approximate surface area is 529 Å². The lowest BCUT2D eigenvalue weighted by Crippen LogP contribution is -2.68. The maximum Gasteiger partial charge on any atom is 0.217 e. The second-order valence-corrected chi connectivity index (χ2v) is 28.9. The molecule has 0 unspecified atom stereocenters. The van der Waals surface area contributed by atoms with Gasteiger partial charge in [0.1, 0.15) is 122 Å². The zero-order valence-corrected chi connectivity index (χ0v) is 53.4. The Kier molecular flexibility index (Phi) is 23.0. The molecule has 29 nitrogen and oxygen atoms in total. The Morgan fingerprint density at radius 2 is 1.12 bits per heavy atom. The summed E-state index contributed by atoms with van der Waals surface area (Å²) < 4.78 is 61.8. The molecule has 0 aromatic carbocycles. The number of allylic oxidation sites excluding steroid dienone is 2. The van der Waals surface area contributed by atoms with Gasteiger partial charge in [-0.05, 0) is 105 Å². The third-order valence-electron chi connectivity index (χ3n) is 21.8. The first-order valence-corrected chi connectivity index (χ1v) is 32.3. The minimum absolute atomic E-state index is 0.0136. The summed E-state index contributed by atoms with van der Waals surface area (Å²) in [5, 5.41) is 158. The average molecular weight is 1310 g/mol. The Bertz CT molecular complexity index is 2520. The number of ether oxygens (including phenoxy) is 10. The van der Waals surface area contributed by atoms with Crippen molar-refractivity contribution in [2.75, 3.05) is 33.0 Å². The highest BCUT2D eigenvalue weighted by Gasteiger charge is 2.62. The third kappa shape index (κ3) is 14.7. The van der Waals surface area contributed by atoms with Crippen LogP contribution in [0.3, 0.4) is 0 Å². The second kappa shape index (κ2) is 28.8. The van der Waals surface area contributed by atoms with Gasteiger partial charge < -0.3 is 129 Å². The van der Waals surface area contributed by atoms with Crippen LogP contribution in [0.4, 0.5) is 0 Å². The van der Waals surface area contributed by atoms with Crippen molar-refractivity contribution in [3.8, 4) is 0 Å². The summed E-state index contributed by atoms with van der Waals surface area (Å²) in [6.45, 7) is 13.1. The van der Waals surface area contributed by atoms with Crippen LogP contribution >= 0.6 is 0 Å². The molecule has 0 radical (unpaired) electrons. The number of hydrogen-bond acceptors (Lipinski definition) is 27. The summed E-state index contributed by atoms with van der Waals surface area (Å²) in [5.41, 5.74) is 1.18. The number of nitrogens with one attached hydrogen (secondary N) is 2. The molecule has 2 saturated carbocycles. The van der Waals surface area contributed by atoms with Gasteiger partial charge in [0.15, 0.2) is 31.5 Å². The Morgan fingerprint density at radius 1 is 0.593 bits per heavy atom. The van der Waals surface area contributed by atoms with Crippen LogP contribution in [0.15, 0.2) is 11.1 Å². The molecule has 5 heterocycles. The molecule has 4 aliphatic carbocycles. The van der Waals surface area contributed by atoms with Crippen molar-refractivity contribution >= 4 is 17.6 Å². The zero-order chi connectivity index (χ0) is 66.7. The number of hydrogen-bond donors (Lipinski definition) is 16. The van der Waals surface area contributed by atoms with E-state index in [4.69, 9.17) is 47.4 Å². The lowest BCUT2D eigenvalue weighted by molar-refractivity contribution is -0.379. The van der Waals surface area contributed by atoms with Crippen LogP contribution in [0.25, 0.3) is 0 Å². The van der Waals surface area contributed by atoms with Gasteiger partial charge in [-0.1, -0.05) is 45.8 Å². The van der Waals surface area contributed by atoms with E-state index in [1.807, 2.05) is 0 Å². The largest absolute Gasteiger partial charge is 0.394 e. The summed E-state index contributed by atoms with van der Waals surface area (Å²) >= 11 is 0. The summed E-state index contributed by atoms with van der Waals surface area (Å²) in [5.74, 6) is -0.322. The zero-order valence-electron chi connectivity index (χ0n) is 53.4. The molecule has 9 rings (SSSR count). The van der Waals surface area contributed by atoms with E-state index in [9.17, 15) is 85.9 Å². The molecular weight excluding hydrogens is 1200 g/mol. The van der Waals surface area contributed by atoms with E-state index in [1.165, 1.54) is 11.1 Å². The van der Waals surface area contributed by atoms with E-state index < -0.39 is 209 Å². The van der Waals surface area contributed by atoms with E-state index in [0.717, 1.165) is 58.8 Å². The van der Waals surface area contributed by atoms with Crippen LogP contribution in [0.2, 0.25) is 0 Å². The van der Waals surface area contributed by atoms with Crippen LogP contribution < -0.4 is 10.6 Å². The number of aliphatic hydroxyl groups excluding tert-OH is 13. The number of ketones is 1. The van der Waals surface area contributed by atoms with Crippen molar-refractivity contribution < 1.29 is 133 Å². The first-order valence-electron chi connectivity index (χ1n) is 32.3. The molecular formula is C62H102N2O27. The molecule has 5 saturated heterocycles. The maximum atomic E-state index is 13.1. The average Bonchev–Trinajstić information content (AvgIpc) is 1.70. The molecule has 29 heteroatoms. The summed E-state index contributed by atoms with van der Waals surface area (Å²) in [6, 6.07) is -3.07. The van der Waals surface area contributed by atoms with Crippen molar-refractivity contribution in [2.45, 2.75) is 286 Å². The Balaban J connectivity index is 0.980. The monoisotopic (exact) mass is 1310 g/mol. The van der Waals surface area contributed by atoms with Crippen LogP contribution in [0.1, 0.15) is 127 Å². The standard InChI is InChI=1S/C62H102N2O27/c1-25(18-28(70)19-59(4,5)81)30-11-12-31-29-10-13-38-60(6,7)39(15-17-62(38,9)32(29)14-16-61(30,31)8)89-58-52(46(75)37(24-83-58)88-54-40(63-26(2)68)47(76)42(71)33(20-65)84-54)90-55-41(64-27(3)69)48(77)45(74)36(87-55)23-82-57-53(50(79)44(73)35(22-67)86-57)91-56-51(80)49(78)43(72)34(21-66)85-56/h25,30-31,33-58,65-67,71-81H,10-24H2,1-9H3,(H,63,68)(H,64,69)/t25-,30-,31+,33-,34-,35-,36-,37+,38+,39+,40-,41-,42+,43-,44-,45-,46+,47-,48-,49+,50+,51-,52-,53-,54+,55+,56+,57-,58+,61-,62-/m1/s1. The van der Waals surface area contributed by atoms with Crippen LogP contribution in [-0.2, 0) is 61.8 Å². The molecule has 7 fully saturated rings. The van der Waals surface area contributed by atoms with Gasteiger partial charge >= 0.3 is 0 Å². The normalized spacial score (nSPS) is 47.2. The van der Waals surface area contributed by atoms with E-state index in [2.05, 4.69) is 45.3 Å². The van der Waals surface area contributed by atoms with Gasteiger partial charge in [-0.15, -0.1) is 0 Å². The fourth-order valence-electron chi connectivity index (χ4n) is 17.2. The van der Waals surface area contributed by atoms with Crippen molar-refractivity contribution in [1.82, 2.24) is 10.6 Å². The smallest absolute Gasteiger partial charge is 0.217 e. The number of aliphatic hydroxyl groups is 14. The number of Topliss-reactive ketones (excluding diaryl/α,β-unsaturated/α-hetero) is 1. The fraction of sp³-hybridized carbons (Fsp3) is 0.919. The number of carbonyl (C=O) groups excluding carboxylic acids is 3. The van der Waals surface area contributed by atoms with E-state index >= 15 is 0 Å². The van der Waals surface area contributed by atoms with Crippen LogP contribution in [0, 0.1) is 39.9 Å². The van der Waals surface area contributed by atoms with Gasteiger partial charge in [-0.3, -0.25) is 14.4 Å². The van der Waals surface area contributed by atoms with Crippen molar-refractivity contribution in [3.05, 3.63) is 11.1 Å². The first kappa shape index (κ1) is 72.7. The second-order valence-electron chi connectivity index (χ2n) is 28.9.